The van der Waals surface area contributed by atoms with Gasteiger partial charge in [-0.15, -0.1) is 0 Å². The van der Waals surface area contributed by atoms with E-state index in [1.54, 1.807) is 24.3 Å². The lowest BCUT2D eigenvalue weighted by molar-refractivity contribution is -0.152. The molecule has 1 aliphatic carbocycles. The van der Waals surface area contributed by atoms with Gasteiger partial charge in [0.25, 0.3) is 0 Å². The molecule has 0 heterocycles. The normalized spacial score (nSPS) is 19.5. The van der Waals surface area contributed by atoms with Gasteiger partial charge in [-0.1, -0.05) is 11.6 Å². The number of hydrogen-bond acceptors (Lipinski definition) is 3. The van der Waals surface area contributed by atoms with Gasteiger partial charge in [0.1, 0.15) is 0 Å². The van der Waals surface area contributed by atoms with E-state index in [1.807, 2.05) is 0 Å². The van der Waals surface area contributed by atoms with Crippen LogP contribution in [0.25, 0.3) is 0 Å². The van der Waals surface area contributed by atoms with Gasteiger partial charge in [0.15, 0.2) is 0 Å². The van der Waals surface area contributed by atoms with Gasteiger partial charge < -0.3 is 15.7 Å². The third-order valence-corrected chi connectivity index (χ3v) is 4.19. The number of halogens is 1. The maximum Gasteiger partial charge on any atom is 0.307 e. The number of carboxylic acids is 1. The molecule has 1 aliphatic rings. The van der Waals surface area contributed by atoms with Crippen LogP contribution in [0.2, 0.25) is 5.02 Å². The van der Waals surface area contributed by atoms with Gasteiger partial charge in [-0.05, 0) is 43.5 Å². The number of benzene rings is 1. The van der Waals surface area contributed by atoms with Crippen LogP contribution >= 0.6 is 11.6 Å². The molecular formula is C16H19ClN2O4. The molecule has 7 heteroatoms. The second-order valence-corrected chi connectivity index (χ2v) is 6.01. The van der Waals surface area contributed by atoms with Crippen molar-refractivity contribution >= 4 is 35.1 Å². The molecule has 124 valence electrons. The molecule has 0 aliphatic heterocycles. The first-order chi connectivity index (χ1) is 11.0. The summed E-state index contributed by atoms with van der Waals surface area (Å²) in [7, 11) is 0. The van der Waals surface area contributed by atoms with Gasteiger partial charge in [0.05, 0.1) is 11.8 Å². The van der Waals surface area contributed by atoms with Crippen molar-refractivity contribution in [2.24, 2.45) is 11.8 Å². The van der Waals surface area contributed by atoms with Gasteiger partial charge in [-0.3, -0.25) is 14.4 Å². The van der Waals surface area contributed by atoms with Crippen LogP contribution in [0.4, 0.5) is 5.69 Å². The van der Waals surface area contributed by atoms with Crippen molar-refractivity contribution < 1.29 is 19.5 Å². The molecule has 1 aromatic rings. The fourth-order valence-corrected chi connectivity index (χ4v) is 2.58. The molecule has 0 aromatic heterocycles. The zero-order chi connectivity index (χ0) is 16.8. The number of nitrogens with one attached hydrogen (secondary N) is 2. The average Bonchev–Trinajstić information content (AvgIpc) is 2.44. The Hall–Kier alpha value is -2.08. The first kappa shape index (κ1) is 17.3. The highest BCUT2D eigenvalue weighted by atomic mass is 35.5. The van der Waals surface area contributed by atoms with E-state index < -0.39 is 17.8 Å². The molecule has 1 saturated carbocycles. The largest absolute Gasteiger partial charge is 0.481 e. The summed E-state index contributed by atoms with van der Waals surface area (Å²) in [6.07, 6.45) is 1.93. The Morgan fingerprint density at radius 3 is 2.35 bits per heavy atom. The molecule has 2 atom stereocenters. The molecule has 0 radical (unpaired) electrons. The number of anilines is 1. The zero-order valence-electron chi connectivity index (χ0n) is 12.5. The molecule has 23 heavy (non-hydrogen) atoms. The second kappa shape index (κ2) is 7.97. The van der Waals surface area contributed by atoms with E-state index in [4.69, 9.17) is 16.7 Å². The van der Waals surface area contributed by atoms with Crippen molar-refractivity contribution in [3.05, 3.63) is 29.3 Å². The number of rotatable bonds is 7. The lowest BCUT2D eigenvalue weighted by Crippen LogP contribution is -2.44. The predicted octanol–water partition coefficient (Wildman–Crippen LogP) is 2.29. The van der Waals surface area contributed by atoms with Gasteiger partial charge in [0.2, 0.25) is 11.8 Å². The summed E-state index contributed by atoms with van der Waals surface area (Å²) in [4.78, 5) is 34.4. The Balaban J connectivity index is 1.63. The van der Waals surface area contributed by atoms with E-state index in [0.717, 1.165) is 0 Å². The average molecular weight is 339 g/mol. The van der Waals surface area contributed by atoms with E-state index in [2.05, 4.69) is 10.6 Å². The Bertz CT molecular complexity index is 588. The Kier molecular flexibility index (Phi) is 5.98. The van der Waals surface area contributed by atoms with Crippen LogP contribution in [0.15, 0.2) is 24.3 Å². The summed E-state index contributed by atoms with van der Waals surface area (Å²) < 4.78 is 0. The summed E-state index contributed by atoms with van der Waals surface area (Å²) in [5, 5.41) is 14.9. The lowest BCUT2D eigenvalue weighted by atomic mass is 9.73. The number of hydrogen-bond donors (Lipinski definition) is 3. The van der Waals surface area contributed by atoms with Crippen molar-refractivity contribution in [3.63, 3.8) is 0 Å². The summed E-state index contributed by atoms with van der Waals surface area (Å²) >= 11 is 5.76. The van der Waals surface area contributed by atoms with Crippen molar-refractivity contribution in [2.45, 2.75) is 25.7 Å². The standard InChI is InChI=1S/C16H19ClN2O4/c17-10-3-5-11(6-4-10)19-14(20)2-1-9-18-15(21)12-7-8-13(12)16(22)23/h3-6,12-13H,1-2,7-9H2,(H,18,21)(H,19,20)(H,22,23). The molecular weight excluding hydrogens is 320 g/mol. The first-order valence-corrected chi connectivity index (χ1v) is 7.91. The fraction of sp³-hybridized carbons (Fsp3) is 0.438. The van der Waals surface area contributed by atoms with Crippen molar-refractivity contribution in [2.75, 3.05) is 11.9 Å². The number of carboxylic acid groups (broad SMARTS) is 1. The van der Waals surface area contributed by atoms with E-state index in [-0.39, 0.29) is 18.2 Å². The van der Waals surface area contributed by atoms with E-state index in [1.165, 1.54) is 0 Å². The molecule has 0 saturated heterocycles. The minimum Gasteiger partial charge on any atom is -0.481 e. The van der Waals surface area contributed by atoms with E-state index >= 15 is 0 Å². The number of amides is 2. The topological polar surface area (TPSA) is 95.5 Å². The summed E-state index contributed by atoms with van der Waals surface area (Å²) in [5.41, 5.74) is 0.669. The molecule has 1 aromatic carbocycles. The van der Waals surface area contributed by atoms with E-state index in [9.17, 15) is 14.4 Å². The summed E-state index contributed by atoms with van der Waals surface area (Å²) in [6, 6.07) is 6.80. The van der Waals surface area contributed by atoms with Gasteiger partial charge in [-0.25, -0.2) is 0 Å². The maximum atomic E-state index is 11.8. The molecule has 0 spiro atoms. The van der Waals surface area contributed by atoms with Gasteiger partial charge >= 0.3 is 5.97 Å². The highest BCUT2D eigenvalue weighted by Crippen LogP contribution is 2.34. The van der Waals surface area contributed by atoms with Crippen LogP contribution in [0.3, 0.4) is 0 Å². The van der Waals surface area contributed by atoms with E-state index in [0.29, 0.717) is 36.5 Å². The smallest absolute Gasteiger partial charge is 0.307 e. The highest BCUT2D eigenvalue weighted by molar-refractivity contribution is 6.30. The molecule has 1 fully saturated rings. The van der Waals surface area contributed by atoms with Crippen LogP contribution < -0.4 is 10.6 Å². The Labute approximate surface area is 139 Å². The molecule has 6 nitrogen and oxygen atoms in total. The maximum absolute atomic E-state index is 11.8. The zero-order valence-corrected chi connectivity index (χ0v) is 13.3. The van der Waals surface area contributed by atoms with Gasteiger partial charge in [-0.2, -0.15) is 0 Å². The number of carbonyl (C=O) groups is 3. The van der Waals surface area contributed by atoms with Crippen LogP contribution in [0.1, 0.15) is 25.7 Å². The minimum atomic E-state index is -0.918. The van der Waals surface area contributed by atoms with Crippen LogP contribution in [-0.2, 0) is 14.4 Å². The molecule has 0 bridgehead atoms. The summed E-state index contributed by atoms with van der Waals surface area (Å²) in [5.74, 6) is -2.30. The highest BCUT2D eigenvalue weighted by Gasteiger charge is 2.41. The van der Waals surface area contributed by atoms with Crippen LogP contribution in [-0.4, -0.2) is 29.4 Å². The second-order valence-electron chi connectivity index (χ2n) is 5.58. The van der Waals surface area contributed by atoms with Crippen LogP contribution in [0.5, 0.6) is 0 Å². The molecule has 3 N–H and O–H groups in total. The Morgan fingerprint density at radius 2 is 1.78 bits per heavy atom. The number of aliphatic carboxylic acids is 1. The lowest BCUT2D eigenvalue weighted by Gasteiger charge is -2.31. The molecule has 2 amide bonds. The minimum absolute atomic E-state index is 0.145. The summed E-state index contributed by atoms with van der Waals surface area (Å²) in [6.45, 7) is 0.357. The first-order valence-electron chi connectivity index (χ1n) is 7.53. The fourth-order valence-electron chi connectivity index (χ4n) is 2.46. The monoisotopic (exact) mass is 338 g/mol. The number of carbonyl (C=O) groups excluding carboxylic acids is 2. The SMILES string of the molecule is O=C(CCCNC(=O)C1CCC1C(=O)O)Nc1ccc(Cl)cc1. The quantitative estimate of drug-likeness (QED) is 0.665. The third kappa shape index (κ3) is 4.96. The molecule has 2 unspecified atom stereocenters. The Morgan fingerprint density at radius 1 is 1.13 bits per heavy atom. The van der Waals surface area contributed by atoms with Crippen LogP contribution in [0, 0.1) is 11.8 Å². The molecule has 2 rings (SSSR count). The third-order valence-electron chi connectivity index (χ3n) is 3.94. The van der Waals surface area contributed by atoms with Crippen molar-refractivity contribution in [1.29, 1.82) is 0 Å². The van der Waals surface area contributed by atoms with Crippen molar-refractivity contribution in [3.8, 4) is 0 Å². The van der Waals surface area contributed by atoms with Crippen molar-refractivity contribution in [1.82, 2.24) is 5.32 Å². The van der Waals surface area contributed by atoms with Gasteiger partial charge in [0, 0.05) is 23.7 Å². The predicted molar refractivity (Wildman–Crippen MR) is 86.2 cm³/mol.